The van der Waals surface area contributed by atoms with E-state index >= 15 is 0 Å². The fourth-order valence-electron chi connectivity index (χ4n) is 1.95. The summed E-state index contributed by atoms with van der Waals surface area (Å²) in [6, 6.07) is 13.8. The van der Waals surface area contributed by atoms with E-state index in [1.54, 1.807) is 18.4 Å². The average molecular weight is 269 g/mol. The Labute approximate surface area is 114 Å². The molecule has 0 unspecified atom stereocenters. The fraction of sp³-hybridized carbons (Fsp3) is 0.0667. The van der Waals surface area contributed by atoms with Gasteiger partial charge in [-0.05, 0) is 29.8 Å². The highest BCUT2D eigenvalue weighted by atomic mass is 16.6. The Balaban J connectivity index is 1.76. The number of ether oxygens (including phenoxy) is 1. The Morgan fingerprint density at radius 3 is 2.65 bits per heavy atom. The second kappa shape index (κ2) is 5.05. The van der Waals surface area contributed by atoms with Crippen molar-refractivity contribution >= 4 is 16.7 Å². The summed E-state index contributed by atoms with van der Waals surface area (Å²) >= 11 is 0. The van der Waals surface area contributed by atoms with Crippen LogP contribution in [0.5, 0.6) is 5.75 Å². The zero-order valence-corrected chi connectivity index (χ0v) is 10.5. The second-order valence-corrected chi connectivity index (χ2v) is 4.31. The van der Waals surface area contributed by atoms with Crippen LogP contribution in [0.4, 0.5) is 5.69 Å². The summed E-state index contributed by atoms with van der Waals surface area (Å²) < 4.78 is 11.1. The van der Waals surface area contributed by atoms with E-state index in [1.165, 1.54) is 12.1 Å². The molecule has 0 amide bonds. The number of benzene rings is 2. The van der Waals surface area contributed by atoms with E-state index in [9.17, 15) is 10.1 Å². The van der Waals surface area contributed by atoms with Crippen molar-refractivity contribution in [3.05, 3.63) is 70.5 Å². The molecule has 0 bridgehead atoms. The molecule has 0 atom stereocenters. The first-order chi connectivity index (χ1) is 9.74. The Morgan fingerprint density at radius 2 is 1.90 bits per heavy atom. The zero-order valence-electron chi connectivity index (χ0n) is 10.5. The first-order valence-corrected chi connectivity index (χ1v) is 6.06. The van der Waals surface area contributed by atoms with Crippen LogP contribution in [-0.4, -0.2) is 4.92 Å². The Hall–Kier alpha value is -2.82. The lowest BCUT2D eigenvalue weighted by Crippen LogP contribution is -1.96. The molecule has 2 aromatic carbocycles. The van der Waals surface area contributed by atoms with Crippen LogP contribution < -0.4 is 4.74 Å². The number of para-hydroxylation sites is 1. The van der Waals surface area contributed by atoms with E-state index < -0.39 is 4.92 Å². The van der Waals surface area contributed by atoms with Gasteiger partial charge in [0.05, 0.1) is 11.2 Å². The van der Waals surface area contributed by atoms with Crippen molar-refractivity contribution in [2.75, 3.05) is 0 Å². The third-order valence-corrected chi connectivity index (χ3v) is 2.98. The molecular weight excluding hydrogens is 258 g/mol. The molecule has 0 N–H and O–H groups in total. The molecule has 100 valence electrons. The van der Waals surface area contributed by atoms with Crippen LogP contribution >= 0.6 is 0 Å². The van der Waals surface area contributed by atoms with Gasteiger partial charge in [-0.3, -0.25) is 10.1 Å². The molecule has 0 spiro atoms. The Kier molecular flexibility index (Phi) is 3.09. The molecule has 20 heavy (non-hydrogen) atoms. The van der Waals surface area contributed by atoms with E-state index in [1.807, 2.05) is 24.3 Å². The van der Waals surface area contributed by atoms with Crippen molar-refractivity contribution < 1.29 is 14.1 Å². The summed E-state index contributed by atoms with van der Waals surface area (Å²) in [4.78, 5) is 10.1. The summed E-state index contributed by atoms with van der Waals surface area (Å²) in [5.41, 5.74) is 1.63. The monoisotopic (exact) mass is 269 g/mol. The van der Waals surface area contributed by atoms with Gasteiger partial charge in [-0.25, -0.2) is 0 Å². The highest BCUT2D eigenvalue weighted by Crippen LogP contribution is 2.27. The predicted molar refractivity (Wildman–Crippen MR) is 73.6 cm³/mol. The second-order valence-electron chi connectivity index (χ2n) is 4.31. The standard InChI is InChI=1S/C15H11NO4/c17-16(18)13-6-4-11(5-7-13)10-20-14-3-1-2-12-8-9-19-15(12)14/h1-9H,10H2. The number of nitrogens with zero attached hydrogens (tertiary/aromatic N) is 1. The summed E-state index contributed by atoms with van der Waals surface area (Å²) in [5.74, 6) is 0.658. The topological polar surface area (TPSA) is 65.5 Å². The first kappa shape index (κ1) is 12.2. The van der Waals surface area contributed by atoms with Crippen LogP contribution in [0.1, 0.15) is 5.56 Å². The summed E-state index contributed by atoms with van der Waals surface area (Å²) in [7, 11) is 0. The number of rotatable bonds is 4. The third kappa shape index (κ3) is 2.33. The van der Waals surface area contributed by atoms with Gasteiger partial charge in [-0.15, -0.1) is 0 Å². The van der Waals surface area contributed by atoms with E-state index in [4.69, 9.17) is 9.15 Å². The lowest BCUT2D eigenvalue weighted by atomic mass is 10.2. The molecule has 0 aliphatic carbocycles. The molecule has 0 aliphatic heterocycles. The molecular formula is C15H11NO4. The smallest absolute Gasteiger partial charge is 0.269 e. The van der Waals surface area contributed by atoms with Crippen LogP contribution in [0.25, 0.3) is 11.0 Å². The molecule has 0 aliphatic rings. The fourth-order valence-corrected chi connectivity index (χ4v) is 1.95. The number of hydrogen-bond acceptors (Lipinski definition) is 4. The molecule has 0 radical (unpaired) electrons. The predicted octanol–water partition coefficient (Wildman–Crippen LogP) is 3.92. The van der Waals surface area contributed by atoms with E-state index in [0.29, 0.717) is 17.9 Å². The number of nitro benzene ring substituents is 1. The van der Waals surface area contributed by atoms with Gasteiger partial charge in [0.2, 0.25) is 0 Å². The minimum Gasteiger partial charge on any atom is -0.485 e. The molecule has 1 heterocycles. The van der Waals surface area contributed by atoms with Gasteiger partial charge in [0.1, 0.15) is 6.61 Å². The number of non-ortho nitro benzene ring substituents is 1. The summed E-state index contributed by atoms with van der Waals surface area (Å²) in [6.07, 6.45) is 1.61. The normalized spacial score (nSPS) is 10.6. The van der Waals surface area contributed by atoms with Crippen LogP contribution in [0.2, 0.25) is 0 Å². The van der Waals surface area contributed by atoms with Crippen molar-refractivity contribution in [3.8, 4) is 5.75 Å². The van der Waals surface area contributed by atoms with Gasteiger partial charge in [-0.2, -0.15) is 0 Å². The quantitative estimate of drug-likeness (QED) is 0.532. The number of fused-ring (bicyclic) bond motifs is 1. The van der Waals surface area contributed by atoms with Crippen molar-refractivity contribution in [1.82, 2.24) is 0 Å². The van der Waals surface area contributed by atoms with Crippen molar-refractivity contribution in [2.45, 2.75) is 6.61 Å². The summed E-state index contributed by atoms with van der Waals surface area (Å²) in [5, 5.41) is 11.5. The van der Waals surface area contributed by atoms with E-state index in [0.717, 1.165) is 10.9 Å². The van der Waals surface area contributed by atoms with Crippen molar-refractivity contribution in [3.63, 3.8) is 0 Å². The maximum Gasteiger partial charge on any atom is 0.269 e. The number of furan rings is 1. The van der Waals surface area contributed by atoms with Crippen LogP contribution in [0.3, 0.4) is 0 Å². The van der Waals surface area contributed by atoms with Crippen molar-refractivity contribution in [2.24, 2.45) is 0 Å². The largest absolute Gasteiger partial charge is 0.485 e. The highest BCUT2D eigenvalue weighted by molar-refractivity contribution is 5.82. The van der Waals surface area contributed by atoms with Crippen LogP contribution in [0.15, 0.2) is 59.2 Å². The summed E-state index contributed by atoms with van der Waals surface area (Å²) in [6.45, 7) is 0.331. The van der Waals surface area contributed by atoms with Crippen LogP contribution in [0, 0.1) is 10.1 Å². The van der Waals surface area contributed by atoms with Gasteiger partial charge < -0.3 is 9.15 Å². The highest BCUT2D eigenvalue weighted by Gasteiger charge is 2.07. The average Bonchev–Trinajstić information content (AvgIpc) is 2.94. The lowest BCUT2D eigenvalue weighted by molar-refractivity contribution is -0.384. The zero-order chi connectivity index (χ0) is 13.9. The van der Waals surface area contributed by atoms with Crippen LogP contribution in [-0.2, 0) is 6.61 Å². The minimum absolute atomic E-state index is 0.0712. The number of nitro groups is 1. The Bertz CT molecular complexity index is 746. The van der Waals surface area contributed by atoms with E-state index in [2.05, 4.69) is 0 Å². The molecule has 5 heteroatoms. The number of hydrogen-bond donors (Lipinski definition) is 0. The van der Waals surface area contributed by atoms with Gasteiger partial charge in [-0.1, -0.05) is 12.1 Å². The van der Waals surface area contributed by atoms with Gasteiger partial charge in [0.25, 0.3) is 5.69 Å². The van der Waals surface area contributed by atoms with Gasteiger partial charge in [0, 0.05) is 17.5 Å². The van der Waals surface area contributed by atoms with Gasteiger partial charge >= 0.3 is 0 Å². The SMILES string of the molecule is O=[N+]([O-])c1ccc(COc2cccc3ccoc23)cc1. The maximum atomic E-state index is 10.6. The molecule has 0 saturated carbocycles. The molecule has 0 fully saturated rings. The molecule has 1 aromatic heterocycles. The lowest BCUT2D eigenvalue weighted by Gasteiger charge is -2.06. The minimum atomic E-state index is -0.422. The molecule has 0 saturated heterocycles. The van der Waals surface area contributed by atoms with Gasteiger partial charge in [0.15, 0.2) is 11.3 Å². The van der Waals surface area contributed by atoms with E-state index in [-0.39, 0.29) is 5.69 Å². The molecule has 5 nitrogen and oxygen atoms in total. The third-order valence-electron chi connectivity index (χ3n) is 2.98. The van der Waals surface area contributed by atoms with Crippen molar-refractivity contribution in [1.29, 1.82) is 0 Å². The first-order valence-electron chi connectivity index (χ1n) is 6.06. The Morgan fingerprint density at radius 1 is 1.10 bits per heavy atom. The molecule has 3 rings (SSSR count). The maximum absolute atomic E-state index is 10.6. The molecule has 3 aromatic rings.